The zero-order valence-corrected chi connectivity index (χ0v) is 13.0. The van der Waals surface area contributed by atoms with E-state index in [4.69, 9.17) is 5.73 Å². The Morgan fingerprint density at radius 2 is 2.19 bits per heavy atom. The minimum absolute atomic E-state index is 0.0280. The van der Waals surface area contributed by atoms with E-state index in [1.807, 2.05) is 12.1 Å². The molecule has 1 aliphatic rings. The number of nitrogens with two attached hydrogens (primary N) is 1. The highest BCUT2D eigenvalue weighted by atomic mass is 32.1. The molecule has 110 valence electrons. The number of amides is 1. The first-order valence-electron chi connectivity index (χ1n) is 7.07. The Kier molecular flexibility index (Phi) is 3.59. The molecule has 1 amide bonds. The molecular weight excluding hydrogens is 282 g/mol. The van der Waals surface area contributed by atoms with Crippen LogP contribution in [-0.2, 0) is 11.2 Å². The van der Waals surface area contributed by atoms with Crippen molar-refractivity contribution >= 4 is 34.3 Å². The molecule has 1 aliphatic heterocycles. The number of benzene rings is 1. The zero-order chi connectivity index (χ0) is 15.0. The van der Waals surface area contributed by atoms with E-state index in [1.165, 1.54) is 4.88 Å². The molecule has 2 aromatic rings. The van der Waals surface area contributed by atoms with E-state index in [0.717, 1.165) is 16.9 Å². The maximum Gasteiger partial charge on any atom is 0.228 e. The molecular formula is C16H19N3OS. The van der Waals surface area contributed by atoms with E-state index >= 15 is 0 Å². The summed E-state index contributed by atoms with van der Waals surface area (Å²) < 4.78 is 0. The Balaban J connectivity index is 1.90. The molecule has 3 rings (SSSR count). The summed E-state index contributed by atoms with van der Waals surface area (Å²) in [5, 5.41) is 8.48. The molecule has 0 saturated carbocycles. The van der Waals surface area contributed by atoms with Crippen molar-refractivity contribution in [2.45, 2.75) is 26.3 Å². The molecule has 1 aromatic carbocycles. The SMILES string of the molecule is CC(C)C(Nc1cc2c(cc1N)CC(=O)N2)c1cccs1. The summed E-state index contributed by atoms with van der Waals surface area (Å²) in [6, 6.07) is 8.24. The molecule has 0 spiro atoms. The predicted molar refractivity (Wildman–Crippen MR) is 88.7 cm³/mol. The van der Waals surface area contributed by atoms with Crippen LogP contribution in [0.25, 0.3) is 0 Å². The molecule has 0 fully saturated rings. The number of thiophene rings is 1. The maximum atomic E-state index is 11.5. The van der Waals surface area contributed by atoms with E-state index in [1.54, 1.807) is 11.3 Å². The topological polar surface area (TPSA) is 67.1 Å². The second kappa shape index (κ2) is 5.41. The highest BCUT2D eigenvalue weighted by Gasteiger charge is 2.22. The van der Waals surface area contributed by atoms with Gasteiger partial charge >= 0.3 is 0 Å². The van der Waals surface area contributed by atoms with Crippen LogP contribution in [-0.4, -0.2) is 5.91 Å². The van der Waals surface area contributed by atoms with Gasteiger partial charge in [-0.1, -0.05) is 19.9 Å². The lowest BCUT2D eigenvalue weighted by Gasteiger charge is -2.24. The van der Waals surface area contributed by atoms with Crippen molar-refractivity contribution in [3.05, 3.63) is 40.1 Å². The fourth-order valence-corrected chi connectivity index (χ4v) is 3.57. The molecule has 21 heavy (non-hydrogen) atoms. The lowest BCUT2D eigenvalue weighted by atomic mass is 10.0. The zero-order valence-electron chi connectivity index (χ0n) is 12.1. The molecule has 0 saturated heterocycles. The minimum atomic E-state index is 0.0280. The molecule has 0 bridgehead atoms. The van der Waals surface area contributed by atoms with Gasteiger partial charge in [0.2, 0.25) is 5.91 Å². The quantitative estimate of drug-likeness (QED) is 0.755. The average Bonchev–Trinajstić information content (AvgIpc) is 3.03. The highest BCUT2D eigenvalue weighted by molar-refractivity contribution is 7.10. The third-order valence-corrected chi connectivity index (χ3v) is 4.68. The van der Waals surface area contributed by atoms with Gasteiger partial charge in [0, 0.05) is 10.6 Å². The maximum absolute atomic E-state index is 11.5. The number of fused-ring (bicyclic) bond motifs is 1. The van der Waals surface area contributed by atoms with Gasteiger partial charge in [-0.25, -0.2) is 0 Å². The molecule has 1 aromatic heterocycles. The van der Waals surface area contributed by atoms with Gasteiger partial charge in [-0.2, -0.15) is 0 Å². The Bertz CT molecular complexity index is 664. The Morgan fingerprint density at radius 3 is 2.86 bits per heavy atom. The number of nitrogens with one attached hydrogen (secondary N) is 2. The van der Waals surface area contributed by atoms with Gasteiger partial charge in [0.1, 0.15) is 0 Å². The van der Waals surface area contributed by atoms with Gasteiger partial charge in [0.25, 0.3) is 0 Å². The monoisotopic (exact) mass is 301 g/mol. The molecule has 1 atom stereocenters. The van der Waals surface area contributed by atoms with Crippen molar-refractivity contribution in [3.8, 4) is 0 Å². The number of hydrogen-bond donors (Lipinski definition) is 3. The van der Waals surface area contributed by atoms with E-state index in [9.17, 15) is 4.79 Å². The van der Waals surface area contributed by atoms with Crippen LogP contribution in [0.4, 0.5) is 17.1 Å². The number of rotatable bonds is 4. The van der Waals surface area contributed by atoms with E-state index in [0.29, 0.717) is 18.0 Å². The normalized spacial score (nSPS) is 14.9. The Labute approximate surface area is 128 Å². The fourth-order valence-electron chi connectivity index (χ4n) is 2.62. The van der Waals surface area contributed by atoms with Crippen LogP contribution in [0.1, 0.15) is 30.3 Å². The van der Waals surface area contributed by atoms with Crippen molar-refractivity contribution in [3.63, 3.8) is 0 Å². The smallest absolute Gasteiger partial charge is 0.228 e. The first-order valence-corrected chi connectivity index (χ1v) is 7.94. The predicted octanol–water partition coefficient (Wildman–Crippen LogP) is 3.63. The van der Waals surface area contributed by atoms with Gasteiger partial charge < -0.3 is 16.4 Å². The first-order chi connectivity index (χ1) is 10.0. The summed E-state index contributed by atoms with van der Waals surface area (Å²) >= 11 is 1.74. The Morgan fingerprint density at radius 1 is 1.38 bits per heavy atom. The molecule has 4 nitrogen and oxygen atoms in total. The minimum Gasteiger partial charge on any atom is -0.397 e. The third kappa shape index (κ3) is 2.74. The van der Waals surface area contributed by atoms with Crippen LogP contribution in [0.3, 0.4) is 0 Å². The number of carbonyl (C=O) groups excluding carboxylic acids is 1. The number of nitrogen functional groups attached to an aromatic ring is 1. The summed E-state index contributed by atoms with van der Waals surface area (Å²) in [5.41, 5.74) is 9.55. The van der Waals surface area contributed by atoms with E-state index in [2.05, 4.69) is 42.0 Å². The number of carbonyl (C=O) groups is 1. The van der Waals surface area contributed by atoms with Crippen molar-refractivity contribution in [1.82, 2.24) is 0 Å². The summed E-state index contributed by atoms with van der Waals surface area (Å²) in [6.45, 7) is 4.37. The van der Waals surface area contributed by atoms with Gasteiger partial charge in [-0.3, -0.25) is 4.79 Å². The summed E-state index contributed by atoms with van der Waals surface area (Å²) in [5.74, 6) is 0.464. The summed E-state index contributed by atoms with van der Waals surface area (Å²) in [4.78, 5) is 12.8. The lowest BCUT2D eigenvalue weighted by Crippen LogP contribution is -2.16. The van der Waals surface area contributed by atoms with Gasteiger partial charge in [0.05, 0.1) is 23.8 Å². The van der Waals surface area contributed by atoms with E-state index < -0.39 is 0 Å². The molecule has 5 heteroatoms. The van der Waals surface area contributed by atoms with Crippen LogP contribution in [0.5, 0.6) is 0 Å². The van der Waals surface area contributed by atoms with Crippen LogP contribution >= 0.6 is 11.3 Å². The highest BCUT2D eigenvalue weighted by Crippen LogP contribution is 2.36. The first kappa shape index (κ1) is 13.9. The van der Waals surface area contributed by atoms with Crippen LogP contribution in [0.2, 0.25) is 0 Å². The summed E-state index contributed by atoms with van der Waals surface area (Å²) in [6.07, 6.45) is 0.415. The van der Waals surface area contributed by atoms with Crippen molar-refractivity contribution in [2.24, 2.45) is 5.92 Å². The van der Waals surface area contributed by atoms with Crippen molar-refractivity contribution < 1.29 is 4.79 Å². The van der Waals surface area contributed by atoms with Gasteiger partial charge in [0.15, 0.2) is 0 Å². The van der Waals surface area contributed by atoms with Gasteiger partial charge in [-0.15, -0.1) is 11.3 Å². The third-order valence-electron chi connectivity index (χ3n) is 3.73. The van der Waals surface area contributed by atoms with Crippen molar-refractivity contribution in [1.29, 1.82) is 0 Å². The lowest BCUT2D eigenvalue weighted by molar-refractivity contribution is -0.115. The van der Waals surface area contributed by atoms with Crippen LogP contribution < -0.4 is 16.4 Å². The average molecular weight is 301 g/mol. The van der Waals surface area contributed by atoms with Crippen LogP contribution in [0.15, 0.2) is 29.6 Å². The molecule has 2 heterocycles. The number of hydrogen-bond acceptors (Lipinski definition) is 4. The Hall–Kier alpha value is -2.01. The van der Waals surface area contributed by atoms with Crippen molar-refractivity contribution in [2.75, 3.05) is 16.4 Å². The largest absolute Gasteiger partial charge is 0.397 e. The van der Waals surface area contributed by atoms with Gasteiger partial charge in [-0.05, 0) is 35.1 Å². The molecule has 0 aliphatic carbocycles. The van der Waals surface area contributed by atoms with Crippen LogP contribution in [0, 0.1) is 5.92 Å². The van der Waals surface area contributed by atoms with E-state index in [-0.39, 0.29) is 11.9 Å². The molecule has 1 unspecified atom stereocenters. The standard InChI is InChI=1S/C16H19N3OS/c1-9(2)16(14-4-3-5-21-14)19-13-8-12-10(6-11(13)17)7-15(20)18-12/h3-6,8-9,16,19H,7,17H2,1-2H3,(H,18,20). The fraction of sp³-hybridized carbons (Fsp3) is 0.312. The second-order valence-electron chi connectivity index (χ2n) is 5.70. The molecule has 4 N–H and O–H groups in total. The number of anilines is 3. The summed E-state index contributed by atoms with van der Waals surface area (Å²) in [7, 11) is 0. The molecule has 0 radical (unpaired) electrons. The second-order valence-corrected chi connectivity index (χ2v) is 6.68.